The normalized spacial score (nSPS) is 11.9. The SMILES string of the molecule is CCC(Nc1nc(N)nc(N)c1C#N)c1nc2c(F)ccc(F)c2c(=O)n1-c1cccc(F)c1. The summed E-state index contributed by atoms with van der Waals surface area (Å²) >= 11 is 0. The fourth-order valence-electron chi connectivity index (χ4n) is 3.56. The number of hydrogen-bond acceptors (Lipinski definition) is 8. The standard InChI is InChI=1S/C22H17F3N8O/c1-2-15(29-19-12(9-26)18(27)31-22(28)32-19)20-30-17-14(25)7-6-13(24)16(17)21(34)33(20)11-5-3-4-10(23)8-11/h3-8,15H,2H2,1H3,(H5,27,28,29,31,32). The topological polar surface area (TPSA) is 149 Å². The highest BCUT2D eigenvalue weighted by atomic mass is 19.1. The van der Waals surface area contributed by atoms with Crippen LogP contribution in [0.2, 0.25) is 0 Å². The minimum atomic E-state index is -0.977. The minimum Gasteiger partial charge on any atom is -0.382 e. The van der Waals surface area contributed by atoms with Gasteiger partial charge in [-0.3, -0.25) is 9.36 Å². The van der Waals surface area contributed by atoms with Gasteiger partial charge in [0.1, 0.15) is 51.6 Å². The second-order valence-electron chi connectivity index (χ2n) is 7.25. The number of fused-ring (bicyclic) bond motifs is 1. The monoisotopic (exact) mass is 466 g/mol. The molecule has 0 amide bonds. The van der Waals surface area contributed by atoms with Gasteiger partial charge in [-0.25, -0.2) is 18.2 Å². The van der Waals surface area contributed by atoms with Gasteiger partial charge in [-0.15, -0.1) is 0 Å². The zero-order valence-corrected chi connectivity index (χ0v) is 17.7. The van der Waals surface area contributed by atoms with Crippen molar-refractivity contribution in [2.45, 2.75) is 19.4 Å². The van der Waals surface area contributed by atoms with E-state index in [9.17, 15) is 23.2 Å². The fraction of sp³-hybridized carbons (Fsp3) is 0.136. The van der Waals surface area contributed by atoms with Crippen LogP contribution < -0.4 is 22.3 Å². The van der Waals surface area contributed by atoms with Crippen LogP contribution >= 0.6 is 0 Å². The molecule has 34 heavy (non-hydrogen) atoms. The molecule has 4 aromatic rings. The molecule has 4 rings (SSSR count). The summed E-state index contributed by atoms with van der Waals surface area (Å²) in [6, 6.07) is 7.67. The Hall–Kier alpha value is -4.66. The summed E-state index contributed by atoms with van der Waals surface area (Å²) in [4.78, 5) is 25.4. The number of anilines is 3. The van der Waals surface area contributed by atoms with Crippen molar-refractivity contribution in [3.8, 4) is 11.8 Å². The molecule has 0 aliphatic carbocycles. The average molecular weight is 466 g/mol. The first-order valence-corrected chi connectivity index (χ1v) is 10.0. The first-order valence-electron chi connectivity index (χ1n) is 10.0. The summed E-state index contributed by atoms with van der Waals surface area (Å²) in [6.45, 7) is 1.71. The van der Waals surface area contributed by atoms with E-state index in [1.54, 1.807) is 6.92 Å². The van der Waals surface area contributed by atoms with E-state index in [1.165, 1.54) is 18.2 Å². The van der Waals surface area contributed by atoms with Gasteiger partial charge in [0.2, 0.25) is 5.95 Å². The van der Waals surface area contributed by atoms with E-state index < -0.39 is 40.0 Å². The predicted molar refractivity (Wildman–Crippen MR) is 119 cm³/mol. The second-order valence-corrected chi connectivity index (χ2v) is 7.25. The molecule has 0 bridgehead atoms. The number of nitrogens with zero attached hydrogens (tertiary/aromatic N) is 5. The van der Waals surface area contributed by atoms with Crippen molar-refractivity contribution in [3.63, 3.8) is 0 Å². The highest BCUT2D eigenvalue weighted by molar-refractivity contribution is 5.79. The van der Waals surface area contributed by atoms with Crippen LogP contribution in [-0.2, 0) is 0 Å². The van der Waals surface area contributed by atoms with Gasteiger partial charge < -0.3 is 16.8 Å². The molecular formula is C22H17F3N8O. The average Bonchev–Trinajstić information content (AvgIpc) is 2.79. The number of nitrogens with one attached hydrogen (secondary N) is 1. The number of benzene rings is 2. The Kier molecular flexibility index (Phi) is 5.77. The molecule has 172 valence electrons. The molecule has 2 heterocycles. The lowest BCUT2D eigenvalue weighted by atomic mass is 10.1. The third-order valence-electron chi connectivity index (χ3n) is 5.11. The summed E-state index contributed by atoms with van der Waals surface area (Å²) in [5.41, 5.74) is 9.93. The van der Waals surface area contributed by atoms with Gasteiger partial charge in [0.05, 0.1) is 11.7 Å². The number of rotatable bonds is 5. The van der Waals surface area contributed by atoms with Crippen molar-refractivity contribution < 1.29 is 13.2 Å². The van der Waals surface area contributed by atoms with Gasteiger partial charge in [0.25, 0.3) is 5.56 Å². The van der Waals surface area contributed by atoms with E-state index >= 15 is 0 Å². The molecular weight excluding hydrogens is 449 g/mol. The van der Waals surface area contributed by atoms with Gasteiger partial charge in [0, 0.05) is 0 Å². The second kappa shape index (κ2) is 8.70. The Bertz CT molecular complexity index is 1530. The van der Waals surface area contributed by atoms with Crippen LogP contribution in [0, 0.1) is 28.8 Å². The van der Waals surface area contributed by atoms with Crippen LogP contribution in [0.15, 0.2) is 41.2 Å². The number of nitrogens with two attached hydrogens (primary N) is 2. The van der Waals surface area contributed by atoms with Crippen molar-refractivity contribution >= 4 is 28.5 Å². The van der Waals surface area contributed by atoms with Crippen LogP contribution in [-0.4, -0.2) is 19.5 Å². The van der Waals surface area contributed by atoms with Crippen LogP contribution in [0.1, 0.15) is 30.8 Å². The lowest BCUT2D eigenvalue weighted by Gasteiger charge is -2.23. The molecule has 2 aromatic heterocycles. The van der Waals surface area contributed by atoms with Crippen LogP contribution in [0.5, 0.6) is 0 Å². The lowest BCUT2D eigenvalue weighted by Crippen LogP contribution is -2.29. The largest absolute Gasteiger partial charge is 0.382 e. The van der Waals surface area contributed by atoms with Crippen molar-refractivity contribution in [2.24, 2.45) is 0 Å². The molecule has 0 aliphatic heterocycles. The fourth-order valence-corrected chi connectivity index (χ4v) is 3.56. The first kappa shape index (κ1) is 22.5. The molecule has 0 saturated carbocycles. The van der Waals surface area contributed by atoms with Crippen molar-refractivity contribution in [3.05, 3.63) is 75.6 Å². The minimum absolute atomic E-state index is 0.0422. The summed E-state index contributed by atoms with van der Waals surface area (Å²) in [5.74, 6) is -3.04. The van der Waals surface area contributed by atoms with Gasteiger partial charge in [0.15, 0.2) is 5.82 Å². The molecule has 12 heteroatoms. The van der Waals surface area contributed by atoms with E-state index in [0.29, 0.717) is 0 Å². The van der Waals surface area contributed by atoms with Gasteiger partial charge in [-0.2, -0.15) is 15.2 Å². The zero-order valence-electron chi connectivity index (χ0n) is 17.7. The third kappa shape index (κ3) is 3.83. The van der Waals surface area contributed by atoms with Crippen LogP contribution in [0.3, 0.4) is 0 Å². The molecule has 0 saturated heterocycles. The molecule has 0 radical (unpaired) electrons. The Morgan fingerprint density at radius 2 is 1.85 bits per heavy atom. The third-order valence-corrected chi connectivity index (χ3v) is 5.11. The van der Waals surface area contributed by atoms with E-state index in [4.69, 9.17) is 11.5 Å². The maximum Gasteiger partial charge on any atom is 0.269 e. The van der Waals surface area contributed by atoms with Crippen LogP contribution in [0.25, 0.3) is 16.6 Å². The maximum absolute atomic E-state index is 14.6. The Labute approximate surface area is 190 Å². The number of hydrogen-bond donors (Lipinski definition) is 3. The molecule has 0 spiro atoms. The van der Waals surface area contributed by atoms with Crippen molar-refractivity contribution in [1.29, 1.82) is 5.26 Å². The quantitative estimate of drug-likeness (QED) is 0.406. The Morgan fingerprint density at radius 1 is 1.12 bits per heavy atom. The van der Waals surface area contributed by atoms with Crippen molar-refractivity contribution in [1.82, 2.24) is 19.5 Å². The molecule has 0 aliphatic rings. The molecule has 2 aromatic carbocycles. The molecule has 1 unspecified atom stereocenters. The number of aromatic nitrogens is 4. The number of nitrogen functional groups attached to an aromatic ring is 2. The Morgan fingerprint density at radius 3 is 2.53 bits per heavy atom. The van der Waals surface area contributed by atoms with E-state index in [0.717, 1.165) is 22.8 Å². The highest BCUT2D eigenvalue weighted by Gasteiger charge is 2.25. The van der Waals surface area contributed by atoms with E-state index in [-0.39, 0.29) is 41.1 Å². The summed E-state index contributed by atoms with van der Waals surface area (Å²) in [6.07, 6.45) is 0.235. The Balaban J connectivity index is 2.02. The van der Waals surface area contributed by atoms with Gasteiger partial charge in [-0.05, 0) is 36.8 Å². The summed E-state index contributed by atoms with van der Waals surface area (Å²) in [5, 5.41) is 11.8. The van der Waals surface area contributed by atoms with Gasteiger partial charge in [-0.1, -0.05) is 13.0 Å². The van der Waals surface area contributed by atoms with Crippen LogP contribution in [0.4, 0.5) is 30.8 Å². The van der Waals surface area contributed by atoms with E-state index in [1.807, 2.05) is 6.07 Å². The summed E-state index contributed by atoms with van der Waals surface area (Å²) < 4.78 is 44.2. The summed E-state index contributed by atoms with van der Waals surface area (Å²) in [7, 11) is 0. The van der Waals surface area contributed by atoms with Crippen molar-refractivity contribution in [2.75, 3.05) is 16.8 Å². The van der Waals surface area contributed by atoms with Gasteiger partial charge >= 0.3 is 0 Å². The first-order chi connectivity index (χ1) is 16.2. The molecule has 0 fully saturated rings. The van der Waals surface area contributed by atoms with E-state index in [2.05, 4.69) is 20.3 Å². The molecule has 5 N–H and O–H groups in total. The number of halogens is 3. The maximum atomic E-state index is 14.6. The predicted octanol–water partition coefficient (Wildman–Crippen LogP) is 3.19. The zero-order chi connectivity index (χ0) is 24.6. The lowest BCUT2D eigenvalue weighted by molar-refractivity contribution is 0.602. The molecule has 9 nitrogen and oxygen atoms in total. The molecule has 1 atom stereocenters. The smallest absolute Gasteiger partial charge is 0.269 e. The highest BCUT2D eigenvalue weighted by Crippen LogP contribution is 2.28. The number of nitriles is 1.